The Balaban J connectivity index is 2.28. The van der Waals surface area contributed by atoms with Crippen LogP contribution in [-0.4, -0.2) is 39.2 Å². The zero-order valence-corrected chi connectivity index (χ0v) is 15.3. The molecule has 1 fully saturated rings. The molecule has 3 N–H and O–H groups in total. The Labute approximate surface area is 153 Å². The SMILES string of the molecule is C=CC(c1ccc(CN)cc1)S(=O)(=O)C(CC1CNCCC1=O)OC=O. The second kappa shape index (κ2) is 9.07. The largest absolute Gasteiger partial charge is 0.448 e. The first-order chi connectivity index (χ1) is 12.4. The van der Waals surface area contributed by atoms with Crippen molar-refractivity contribution in [3.63, 3.8) is 0 Å². The van der Waals surface area contributed by atoms with E-state index in [-0.39, 0.29) is 18.7 Å². The van der Waals surface area contributed by atoms with Crippen molar-refractivity contribution in [2.75, 3.05) is 13.1 Å². The van der Waals surface area contributed by atoms with E-state index in [1.54, 1.807) is 24.3 Å². The van der Waals surface area contributed by atoms with Gasteiger partial charge in [0.2, 0.25) is 5.44 Å². The average molecular weight is 380 g/mol. The monoisotopic (exact) mass is 380 g/mol. The zero-order valence-electron chi connectivity index (χ0n) is 14.5. The highest BCUT2D eigenvalue weighted by Gasteiger charge is 2.38. The number of nitrogens with one attached hydrogen (secondary N) is 1. The number of hydrogen-bond donors (Lipinski definition) is 2. The van der Waals surface area contributed by atoms with Gasteiger partial charge in [-0.1, -0.05) is 30.3 Å². The third-order valence-electron chi connectivity index (χ3n) is 4.56. The molecule has 0 aromatic heterocycles. The molecule has 0 amide bonds. The summed E-state index contributed by atoms with van der Waals surface area (Å²) in [5.41, 5.74) is 5.53. The number of benzene rings is 1. The molecule has 8 heteroatoms. The summed E-state index contributed by atoms with van der Waals surface area (Å²) in [6, 6.07) is 6.81. The molecule has 0 radical (unpaired) electrons. The molecule has 0 spiro atoms. The first kappa shape index (κ1) is 20.3. The number of piperidine rings is 1. The number of ether oxygens (including phenoxy) is 1. The van der Waals surface area contributed by atoms with Gasteiger partial charge in [0.05, 0.1) is 0 Å². The Morgan fingerprint density at radius 3 is 2.58 bits per heavy atom. The molecule has 3 unspecified atom stereocenters. The lowest BCUT2D eigenvalue weighted by Crippen LogP contribution is -2.41. The first-order valence-corrected chi connectivity index (χ1v) is 10.0. The topological polar surface area (TPSA) is 116 Å². The standard InChI is InChI=1S/C18H24N2O5S/c1-2-17(14-5-3-13(10-19)4-6-14)26(23,24)18(25-12-21)9-15-11-20-8-7-16(15)22/h2-6,12,15,17-18,20H,1,7-11,19H2. The van der Waals surface area contributed by atoms with Crippen LogP contribution in [0.25, 0.3) is 0 Å². The summed E-state index contributed by atoms with van der Waals surface area (Å²) >= 11 is 0. The number of rotatable bonds is 9. The van der Waals surface area contributed by atoms with E-state index in [4.69, 9.17) is 10.5 Å². The van der Waals surface area contributed by atoms with E-state index in [9.17, 15) is 18.0 Å². The maximum absolute atomic E-state index is 13.1. The summed E-state index contributed by atoms with van der Waals surface area (Å²) in [6.45, 7) is 5.03. The normalized spacial score (nSPS) is 20.2. The van der Waals surface area contributed by atoms with Gasteiger partial charge in [0, 0.05) is 38.4 Å². The molecule has 0 aliphatic carbocycles. The quantitative estimate of drug-likeness (QED) is 0.482. The van der Waals surface area contributed by atoms with Crippen molar-refractivity contribution in [3.05, 3.63) is 48.0 Å². The van der Waals surface area contributed by atoms with Crippen LogP contribution < -0.4 is 11.1 Å². The smallest absolute Gasteiger partial charge is 0.294 e. The zero-order chi connectivity index (χ0) is 19.2. The fourth-order valence-corrected chi connectivity index (χ4v) is 4.88. The van der Waals surface area contributed by atoms with Gasteiger partial charge in [-0.05, 0) is 11.1 Å². The van der Waals surface area contributed by atoms with Crippen LogP contribution in [0.5, 0.6) is 0 Å². The minimum absolute atomic E-state index is 0.0269. The van der Waals surface area contributed by atoms with Gasteiger partial charge in [-0.3, -0.25) is 9.59 Å². The van der Waals surface area contributed by atoms with Gasteiger partial charge in [-0.25, -0.2) is 8.42 Å². The number of carbonyl (C=O) groups is 2. The van der Waals surface area contributed by atoms with Crippen LogP contribution in [-0.2, 0) is 30.7 Å². The fraction of sp³-hybridized carbons (Fsp3) is 0.444. The Morgan fingerprint density at radius 1 is 1.35 bits per heavy atom. The van der Waals surface area contributed by atoms with Crippen molar-refractivity contribution < 1.29 is 22.7 Å². The summed E-state index contributed by atoms with van der Waals surface area (Å²) in [6.07, 6.45) is 1.57. The molecule has 2 rings (SSSR count). The van der Waals surface area contributed by atoms with Gasteiger partial charge >= 0.3 is 0 Å². The lowest BCUT2D eigenvalue weighted by atomic mass is 9.95. The number of nitrogens with two attached hydrogens (primary N) is 1. The van der Waals surface area contributed by atoms with Crippen LogP contribution in [0.15, 0.2) is 36.9 Å². The molecule has 1 aromatic carbocycles. The Kier molecular flexibility index (Phi) is 7.07. The maximum Gasteiger partial charge on any atom is 0.294 e. The summed E-state index contributed by atoms with van der Waals surface area (Å²) in [5, 5.41) is 2.01. The minimum Gasteiger partial charge on any atom is -0.448 e. The third kappa shape index (κ3) is 4.57. The van der Waals surface area contributed by atoms with Gasteiger partial charge < -0.3 is 15.8 Å². The Morgan fingerprint density at radius 2 is 2.04 bits per heavy atom. The number of hydrogen-bond acceptors (Lipinski definition) is 7. The van der Waals surface area contributed by atoms with Gasteiger partial charge in [-0.15, -0.1) is 6.58 Å². The predicted molar refractivity (Wildman–Crippen MR) is 97.7 cm³/mol. The molecule has 0 bridgehead atoms. The summed E-state index contributed by atoms with van der Waals surface area (Å²) in [7, 11) is -3.95. The predicted octanol–water partition coefficient (Wildman–Crippen LogP) is 0.855. The van der Waals surface area contributed by atoms with Crippen LogP contribution in [0.4, 0.5) is 0 Å². The number of carbonyl (C=O) groups excluding carboxylic acids is 2. The Hall–Kier alpha value is -2.03. The summed E-state index contributed by atoms with van der Waals surface area (Å²) < 4.78 is 31.0. The van der Waals surface area contributed by atoms with Crippen molar-refractivity contribution in [2.24, 2.45) is 11.7 Å². The fourth-order valence-electron chi connectivity index (χ4n) is 3.05. The molecule has 1 saturated heterocycles. The van der Waals surface area contributed by atoms with Crippen molar-refractivity contribution in [1.82, 2.24) is 5.32 Å². The van der Waals surface area contributed by atoms with Gasteiger partial charge in [0.1, 0.15) is 11.0 Å². The molecule has 1 aliphatic heterocycles. The lowest BCUT2D eigenvalue weighted by Gasteiger charge is -2.27. The second-order valence-corrected chi connectivity index (χ2v) is 8.42. The van der Waals surface area contributed by atoms with E-state index < -0.39 is 26.4 Å². The Bertz CT molecular complexity index is 745. The number of ketones is 1. The van der Waals surface area contributed by atoms with Crippen LogP contribution in [0.1, 0.15) is 29.2 Å². The van der Waals surface area contributed by atoms with E-state index in [2.05, 4.69) is 11.9 Å². The molecule has 0 saturated carbocycles. The molecule has 7 nitrogen and oxygen atoms in total. The highest BCUT2D eigenvalue weighted by atomic mass is 32.2. The maximum atomic E-state index is 13.1. The molecule has 26 heavy (non-hydrogen) atoms. The summed E-state index contributed by atoms with van der Waals surface area (Å²) in [5.74, 6) is -0.533. The van der Waals surface area contributed by atoms with Crippen LogP contribution >= 0.6 is 0 Å². The first-order valence-electron chi connectivity index (χ1n) is 8.40. The van der Waals surface area contributed by atoms with E-state index in [1.807, 2.05) is 0 Å². The second-order valence-electron chi connectivity index (χ2n) is 6.21. The minimum atomic E-state index is -3.95. The molecule has 1 aliphatic rings. The molecule has 1 aromatic rings. The summed E-state index contributed by atoms with van der Waals surface area (Å²) in [4.78, 5) is 22.9. The van der Waals surface area contributed by atoms with Crippen molar-refractivity contribution >= 4 is 22.1 Å². The number of Topliss-reactive ketones (excluding diaryl/α,β-unsaturated/α-hetero) is 1. The molecule has 142 valence electrons. The van der Waals surface area contributed by atoms with Gasteiger partial charge in [-0.2, -0.15) is 0 Å². The van der Waals surface area contributed by atoms with Gasteiger partial charge in [0.15, 0.2) is 9.84 Å². The average Bonchev–Trinajstić information content (AvgIpc) is 2.64. The highest BCUT2D eigenvalue weighted by molar-refractivity contribution is 7.92. The van der Waals surface area contributed by atoms with E-state index in [0.29, 0.717) is 31.6 Å². The molecule has 1 heterocycles. The van der Waals surface area contributed by atoms with Crippen molar-refractivity contribution in [3.8, 4) is 0 Å². The number of sulfone groups is 1. The van der Waals surface area contributed by atoms with Crippen molar-refractivity contribution in [1.29, 1.82) is 0 Å². The van der Waals surface area contributed by atoms with Gasteiger partial charge in [0.25, 0.3) is 6.47 Å². The third-order valence-corrected chi connectivity index (χ3v) is 6.77. The van der Waals surface area contributed by atoms with Crippen molar-refractivity contribution in [2.45, 2.75) is 30.1 Å². The highest BCUT2D eigenvalue weighted by Crippen LogP contribution is 2.31. The van der Waals surface area contributed by atoms with E-state index in [1.165, 1.54) is 6.08 Å². The molecular weight excluding hydrogens is 356 g/mol. The molecule has 3 atom stereocenters. The molecular formula is C18H24N2O5S. The van der Waals surface area contributed by atoms with Crippen LogP contribution in [0.3, 0.4) is 0 Å². The van der Waals surface area contributed by atoms with E-state index in [0.717, 1.165) is 5.56 Å². The van der Waals surface area contributed by atoms with E-state index >= 15 is 0 Å². The lowest BCUT2D eigenvalue weighted by molar-refractivity contribution is -0.133. The van der Waals surface area contributed by atoms with Crippen LogP contribution in [0, 0.1) is 5.92 Å². The van der Waals surface area contributed by atoms with Crippen LogP contribution in [0.2, 0.25) is 0 Å².